The molecule has 0 heterocycles. The number of unbranched alkanes of at least 4 members (excludes halogenated alkanes) is 1. The lowest BCUT2D eigenvalue weighted by Crippen LogP contribution is -2.07. The Kier molecular flexibility index (Phi) is 6.79. The van der Waals surface area contributed by atoms with Crippen LogP contribution in [0, 0.1) is 0 Å². The second kappa shape index (κ2) is 7.32. The molecule has 0 rings (SSSR count). The van der Waals surface area contributed by atoms with Crippen LogP contribution in [0.5, 0.6) is 0 Å². The molecule has 0 radical (unpaired) electrons. The molecular weight excluding hydrogens is 138 g/mol. The molecule has 0 aliphatic heterocycles. The van der Waals surface area contributed by atoms with Crippen LogP contribution < -0.4 is 5.32 Å². The van der Waals surface area contributed by atoms with Crippen LogP contribution in [0.2, 0.25) is 0 Å². The van der Waals surface area contributed by atoms with Gasteiger partial charge in [-0.2, -0.15) is 0 Å². The lowest BCUT2D eigenvalue weighted by Gasteiger charge is -1.98. The first kappa shape index (κ1) is 10.2. The molecule has 0 unspecified atom stereocenters. The summed E-state index contributed by atoms with van der Waals surface area (Å²) in [6, 6.07) is 0. The fraction of sp³-hybridized carbons (Fsp3) is 0.667. The normalized spacial score (nSPS) is 11.3. The smallest absolute Gasteiger partial charge is 0.147 e. The lowest BCUT2D eigenvalue weighted by atomic mass is 10.2. The number of carbonyl (C=O) groups is 1. The predicted octanol–water partition coefficient (Wildman–Crippen LogP) is 1.87. The standard InChI is InChI=1S/C9H17NO/c1-3-5-6-10-7-9(4-2)8-11/h7-8,10H,3-6H2,1-2H3/b9-7+. The zero-order valence-electron chi connectivity index (χ0n) is 7.39. The van der Waals surface area contributed by atoms with Crippen molar-refractivity contribution in [2.45, 2.75) is 33.1 Å². The van der Waals surface area contributed by atoms with Gasteiger partial charge in [0.1, 0.15) is 6.29 Å². The highest BCUT2D eigenvalue weighted by Crippen LogP contribution is 1.92. The van der Waals surface area contributed by atoms with Gasteiger partial charge in [-0.25, -0.2) is 0 Å². The van der Waals surface area contributed by atoms with Gasteiger partial charge in [0, 0.05) is 18.3 Å². The van der Waals surface area contributed by atoms with Crippen molar-refractivity contribution in [2.24, 2.45) is 0 Å². The van der Waals surface area contributed by atoms with E-state index in [2.05, 4.69) is 12.2 Å². The third-order valence-corrected chi connectivity index (χ3v) is 1.52. The summed E-state index contributed by atoms with van der Waals surface area (Å²) in [5.41, 5.74) is 0.834. The summed E-state index contributed by atoms with van der Waals surface area (Å²) >= 11 is 0. The molecule has 0 bridgehead atoms. The maximum atomic E-state index is 10.3. The van der Waals surface area contributed by atoms with Crippen LogP contribution in [0.15, 0.2) is 11.8 Å². The van der Waals surface area contributed by atoms with Crippen molar-refractivity contribution in [3.05, 3.63) is 11.8 Å². The van der Waals surface area contributed by atoms with Crippen LogP contribution >= 0.6 is 0 Å². The van der Waals surface area contributed by atoms with Crippen LogP contribution in [-0.2, 0) is 4.79 Å². The number of aldehydes is 1. The Bertz CT molecular complexity index is 130. The molecule has 0 saturated heterocycles. The first-order chi connectivity index (χ1) is 5.35. The van der Waals surface area contributed by atoms with Crippen molar-refractivity contribution >= 4 is 6.29 Å². The minimum atomic E-state index is 0.808. The summed E-state index contributed by atoms with van der Waals surface area (Å²) in [7, 11) is 0. The summed E-state index contributed by atoms with van der Waals surface area (Å²) in [6.07, 6.45) is 5.86. The van der Waals surface area contributed by atoms with Gasteiger partial charge < -0.3 is 5.32 Å². The summed E-state index contributed by atoms with van der Waals surface area (Å²) < 4.78 is 0. The van der Waals surface area contributed by atoms with Crippen LogP contribution in [0.3, 0.4) is 0 Å². The largest absolute Gasteiger partial charge is 0.391 e. The van der Waals surface area contributed by atoms with Gasteiger partial charge in [0.05, 0.1) is 0 Å². The Morgan fingerprint density at radius 2 is 2.18 bits per heavy atom. The summed E-state index contributed by atoms with van der Waals surface area (Å²) in [5.74, 6) is 0. The van der Waals surface area contributed by atoms with E-state index < -0.39 is 0 Å². The summed E-state index contributed by atoms with van der Waals surface area (Å²) in [5, 5.41) is 3.09. The van der Waals surface area contributed by atoms with Crippen molar-refractivity contribution in [2.75, 3.05) is 6.54 Å². The molecular formula is C9H17NO. The van der Waals surface area contributed by atoms with Gasteiger partial charge in [0.25, 0.3) is 0 Å². The lowest BCUT2D eigenvalue weighted by molar-refractivity contribution is -0.105. The van der Waals surface area contributed by atoms with E-state index in [1.165, 1.54) is 6.42 Å². The molecule has 0 aromatic heterocycles. The first-order valence-electron chi connectivity index (χ1n) is 4.22. The minimum Gasteiger partial charge on any atom is -0.391 e. The number of allylic oxidation sites excluding steroid dienone is 1. The van der Waals surface area contributed by atoms with Crippen molar-refractivity contribution < 1.29 is 4.79 Å². The van der Waals surface area contributed by atoms with Crippen molar-refractivity contribution in [1.29, 1.82) is 0 Å². The molecule has 0 aromatic rings. The molecule has 64 valence electrons. The fourth-order valence-corrected chi connectivity index (χ4v) is 0.702. The van der Waals surface area contributed by atoms with Gasteiger partial charge in [-0.05, 0) is 12.8 Å². The van der Waals surface area contributed by atoms with Crippen molar-refractivity contribution in [3.63, 3.8) is 0 Å². The average Bonchev–Trinajstić information content (AvgIpc) is 2.05. The molecule has 1 N–H and O–H groups in total. The number of hydrogen-bond acceptors (Lipinski definition) is 2. The van der Waals surface area contributed by atoms with E-state index in [1.807, 2.05) is 13.1 Å². The van der Waals surface area contributed by atoms with Gasteiger partial charge in [0.2, 0.25) is 0 Å². The zero-order valence-corrected chi connectivity index (χ0v) is 7.39. The second-order valence-corrected chi connectivity index (χ2v) is 2.50. The van der Waals surface area contributed by atoms with E-state index in [0.717, 1.165) is 31.2 Å². The van der Waals surface area contributed by atoms with E-state index in [9.17, 15) is 4.79 Å². The van der Waals surface area contributed by atoms with E-state index in [-0.39, 0.29) is 0 Å². The van der Waals surface area contributed by atoms with Gasteiger partial charge in [0.15, 0.2) is 0 Å². The van der Waals surface area contributed by atoms with E-state index in [0.29, 0.717) is 0 Å². The van der Waals surface area contributed by atoms with E-state index in [1.54, 1.807) is 0 Å². The number of carbonyl (C=O) groups excluding carboxylic acids is 1. The van der Waals surface area contributed by atoms with Crippen molar-refractivity contribution in [1.82, 2.24) is 5.32 Å². The molecule has 0 fully saturated rings. The highest BCUT2D eigenvalue weighted by Gasteiger charge is 1.87. The SMILES string of the molecule is CCCCN/C=C(/C=O)CC. The Hall–Kier alpha value is -0.790. The van der Waals surface area contributed by atoms with Crippen LogP contribution in [0.4, 0.5) is 0 Å². The van der Waals surface area contributed by atoms with E-state index in [4.69, 9.17) is 0 Å². The van der Waals surface area contributed by atoms with Gasteiger partial charge in [-0.15, -0.1) is 0 Å². The van der Waals surface area contributed by atoms with Crippen molar-refractivity contribution in [3.8, 4) is 0 Å². The van der Waals surface area contributed by atoms with Crippen LogP contribution in [-0.4, -0.2) is 12.8 Å². The molecule has 0 saturated carbocycles. The topological polar surface area (TPSA) is 29.1 Å². The molecule has 0 spiro atoms. The predicted molar refractivity (Wildman–Crippen MR) is 47.3 cm³/mol. The molecule has 0 aromatic carbocycles. The quantitative estimate of drug-likeness (QED) is 0.360. The highest BCUT2D eigenvalue weighted by atomic mass is 16.1. The molecule has 0 amide bonds. The zero-order chi connectivity index (χ0) is 8.53. The molecule has 0 aliphatic rings. The fourth-order valence-electron chi connectivity index (χ4n) is 0.702. The maximum absolute atomic E-state index is 10.3. The molecule has 11 heavy (non-hydrogen) atoms. The number of nitrogens with one attached hydrogen (secondary N) is 1. The number of hydrogen-bond donors (Lipinski definition) is 1. The Labute approximate surface area is 68.7 Å². The maximum Gasteiger partial charge on any atom is 0.147 e. The minimum absolute atomic E-state index is 0.808. The first-order valence-corrected chi connectivity index (χ1v) is 4.22. The van der Waals surface area contributed by atoms with E-state index >= 15 is 0 Å². The highest BCUT2D eigenvalue weighted by molar-refractivity contribution is 5.72. The Morgan fingerprint density at radius 3 is 2.64 bits per heavy atom. The second-order valence-electron chi connectivity index (χ2n) is 2.50. The van der Waals surface area contributed by atoms with Gasteiger partial charge in [-0.3, -0.25) is 4.79 Å². The molecule has 2 heteroatoms. The van der Waals surface area contributed by atoms with Crippen LogP contribution in [0.1, 0.15) is 33.1 Å². The third kappa shape index (κ3) is 5.64. The summed E-state index contributed by atoms with van der Waals surface area (Å²) in [6.45, 7) is 5.08. The third-order valence-electron chi connectivity index (χ3n) is 1.52. The van der Waals surface area contributed by atoms with Gasteiger partial charge in [-0.1, -0.05) is 20.3 Å². The molecule has 0 aliphatic carbocycles. The number of rotatable bonds is 6. The monoisotopic (exact) mass is 155 g/mol. The average molecular weight is 155 g/mol. The Morgan fingerprint density at radius 1 is 1.45 bits per heavy atom. The Balaban J connectivity index is 3.44. The molecule has 0 atom stereocenters. The van der Waals surface area contributed by atoms with Gasteiger partial charge >= 0.3 is 0 Å². The summed E-state index contributed by atoms with van der Waals surface area (Å²) in [4.78, 5) is 10.3. The van der Waals surface area contributed by atoms with Crippen LogP contribution in [0.25, 0.3) is 0 Å². The molecule has 2 nitrogen and oxygen atoms in total.